The Morgan fingerprint density at radius 3 is 2.51 bits per heavy atom. The zero-order valence-corrected chi connectivity index (χ0v) is 21.0. The molecule has 0 N–H and O–H groups in total. The molecule has 1 aliphatic rings. The van der Waals surface area contributed by atoms with Gasteiger partial charge in [-0.1, -0.05) is 39.0 Å². The number of benzene rings is 2. The fraction of sp³-hybridized carbons (Fsp3) is 0.429. The quantitative estimate of drug-likeness (QED) is 0.392. The second-order valence-corrected chi connectivity index (χ2v) is 8.71. The number of nitrogens with zero attached hydrogens (tertiary/aromatic N) is 2. The Morgan fingerprint density at radius 2 is 1.80 bits per heavy atom. The summed E-state index contributed by atoms with van der Waals surface area (Å²) < 4.78 is 17.4. The topological polar surface area (TPSA) is 72.2 Å². The Labute approximate surface area is 206 Å². The summed E-state index contributed by atoms with van der Waals surface area (Å²) in [6.07, 6.45) is 1.67. The monoisotopic (exact) mass is 478 g/mol. The van der Waals surface area contributed by atoms with Gasteiger partial charge in [-0.25, -0.2) is 0 Å². The summed E-state index contributed by atoms with van der Waals surface area (Å²) >= 11 is 0. The van der Waals surface area contributed by atoms with Gasteiger partial charge in [-0.2, -0.15) is 0 Å². The van der Waals surface area contributed by atoms with E-state index >= 15 is 0 Å². The van der Waals surface area contributed by atoms with Gasteiger partial charge < -0.3 is 23.7 Å². The molecule has 1 aliphatic heterocycles. The minimum absolute atomic E-state index is 0.131. The predicted octanol–water partition coefficient (Wildman–Crippen LogP) is 4.87. The highest BCUT2D eigenvalue weighted by Gasteiger charge is 2.42. The third kappa shape index (κ3) is 4.78. The predicted molar refractivity (Wildman–Crippen MR) is 137 cm³/mol. The summed E-state index contributed by atoms with van der Waals surface area (Å²) in [6.45, 7) is 10.2. The van der Waals surface area contributed by atoms with Crippen LogP contribution in [0.1, 0.15) is 61.3 Å². The maximum atomic E-state index is 13.6. The van der Waals surface area contributed by atoms with E-state index in [1.165, 1.54) is 0 Å². The number of carbonyl (C=O) groups is 1. The molecule has 0 saturated heterocycles. The van der Waals surface area contributed by atoms with Crippen molar-refractivity contribution in [3.05, 3.63) is 69.6 Å². The molecule has 0 radical (unpaired) electrons. The Kier molecular flexibility index (Phi) is 7.76. The largest absolute Gasteiger partial charge is 0.493 e. The van der Waals surface area contributed by atoms with Gasteiger partial charge in [0.05, 0.1) is 30.7 Å². The van der Waals surface area contributed by atoms with Gasteiger partial charge in [0.15, 0.2) is 16.9 Å². The minimum atomic E-state index is -0.552. The van der Waals surface area contributed by atoms with Crippen LogP contribution in [-0.4, -0.2) is 55.6 Å². The third-order valence-electron chi connectivity index (χ3n) is 6.61. The number of amides is 1. The molecule has 0 bridgehead atoms. The van der Waals surface area contributed by atoms with Gasteiger partial charge in [0, 0.05) is 6.54 Å². The highest BCUT2D eigenvalue weighted by atomic mass is 16.5. The summed E-state index contributed by atoms with van der Waals surface area (Å²) in [5.41, 5.74) is 1.44. The van der Waals surface area contributed by atoms with Gasteiger partial charge in [-0.15, -0.1) is 0 Å². The molecule has 186 valence electrons. The number of carbonyl (C=O) groups excluding carboxylic acids is 1. The average molecular weight is 479 g/mol. The number of fused-ring (bicyclic) bond motifs is 2. The number of hydrogen-bond donors (Lipinski definition) is 0. The van der Waals surface area contributed by atoms with Gasteiger partial charge in [-0.3, -0.25) is 9.59 Å². The Hall–Kier alpha value is -3.32. The first-order chi connectivity index (χ1) is 17.0. The van der Waals surface area contributed by atoms with Crippen molar-refractivity contribution in [1.29, 1.82) is 0 Å². The lowest BCUT2D eigenvalue weighted by molar-refractivity contribution is 0.0720. The summed E-state index contributed by atoms with van der Waals surface area (Å²) in [6, 6.07) is 12.2. The zero-order valence-electron chi connectivity index (χ0n) is 21.0. The summed E-state index contributed by atoms with van der Waals surface area (Å²) in [7, 11) is 1.59. The number of para-hydroxylation sites is 1. The lowest BCUT2D eigenvalue weighted by Gasteiger charge is -2.27. The lowest BCUT2D eigenvalue weighted by atomic mass is 9.98. The molecule has 35 heavy (non-hydrogen) atoms. The highest BCUT2D eigenvalue weighted by molar-refractivity contribution is 5.99. The first-order valence-electron chi connectivity index (χ1n) is 12.4. The average Bonchev–Trinajstić information content (AvgIpc) is 3.17. The molecule has 1 atom stereocenters. The van der Waals surface area contributed by atoms with Crippen LogP contribution in [0.25, 0.3) is 11.0 Å². The molecule has 0 fully saturated rings. The fourth-order valence-corrected chi connectivity index (χ4v) is 4.73. The number of hydrogen-bond acceptors (Lipinski definition) is 6. The smallest absolute Gasteiger partial charge is 0.290 e. The number of rotatable bonds is 11. The van der Waals surface area contributed by atoms with Crippen LogP contribution in [0.2, 0.25) is 0 Å². The van der Waals surface area contributed by atoms with E-state index in [9.17, 15) is 9.59 Å². The van der Waals surface area contributed by atoms with E-state index < -0.39 is 6.04 Å². The number of ether oxygens (including phenoxy) is 2. The normalized spacial score (nSPS) is 15.2. The van der Waals surface area contributed by atoms with Crippen LogP contribution < -0.4 is 14.9 Å². The van der Waals surface area contributed by atoms with Crippen LogP contribution in [0.3, 0.4) is 0 Å². The SMILES string of the molecule is CCCOc1ccc([C@@H]2c3c(oc4ccccc4c3=O)C(=O)N2CCCN(CC)CC)cc1OC. The minimum Gasteiger partial charge on any atom is -0.493 e. The van der Waals surface area contributed by atoms with E-state index in [2.05, 4.69) is 18.7 Å². The lowest BCUT2D eigenvalue weighted by Crippen LogP contribution is -2.33. The van der Waals surface area contributed by atoms with Gasteiger partial charge in [0.2, 0.25) is 5.76 Å². The second-order valence-electron chi connectivity index (χ2n) is 8.71. The van der Waals surface area contributed by atoms with Gasteiger partial charge in [0.1, 0.15) is 5.58 Å². The van der Waals surface area contributed by atoms with E-state index in [0.29, 0.717) is 41.2 Å². The van der Waals surface area contributed by atoms with Crippen LogP contribution >= 0.6 is 0 Å². The van der Waals surface area contributed by atoms with Crippen molar-refractivity contribution in [1.82, 2.24) is 9.80 Å². The highest BCUT2D eigenvalue weighted by Crippen LogP contribution is 2.41. The van der Waals surface area contributed by atoms with Gasteiger partial charge >= 0.3 is 0 Å². The van der Waals surface area contributed by atoms with Crippen LogP contribution in [0.15, 0.2) is 51.7 Å². The molecule has 0 saturated carbocycles. The van der Waals surface area contributed by atoms with Crippen LogP contribution in [-0.2, 0) is 0 Å². The van der Waals surface area contributed by atoms with Gasteiger partial charge in [-0.05, 0) is 62.3 Å². The van der Waals surface area contributed by atoms with Crippen molar-refractivity contribution in [3.63, 3.8) is 0 Å². The third-order valence-corrected chi connectivity index (χ3v) is 6.61. The van der Waals surface area contributed by atoms with Crippen molar-refractivity contribution in [2.24, 2.45) is 0 Å². The molecule has 2 heterocycles. The molecular formula is C28H34N2O5. The Morgan fingerprint density at radius 1 is 1.03 bits per heavy atom. The number of methoxy groups -OCH3 is 1. The standard InChI is InChI=1S/C28H34N2O5/c1-5-17-34-22-14-13-19(18-23(22)33-4)25-24-26(31)20-11-8-9-12-21(20)35-27(24)28(32)30(25)16-10-15-29(6-2)7-3/h8-9,11-14,18,25H,5-7,10,15-17H2,1-4H3/t25-/m1/s1. The van der Waals surface area contributed by atoms with Crippen molar-refractivity contribution in [3.8, 4) is 11.5 Å². The van der Waals surface area contributed by atoms with Crippen molar-refractivity contribution in [2.45, 2.75) is 39.7 Å². The van der Waals surface area contributed by atoms with E-state index in [1.54, 1.807) is 30.2 Å². The molecule has 3 aromatic rings. The maximum absolute atomic E-state index is 13.6. The first kappa shape index (κ1) is 24.8. The molecule has 0 unspecified atom stereocenters. The fourth-order valence-electron chi connectivity index (χ4n) is 4.73. The first-order valence-corrected chi connectivity index (χ1v) is 12.4. The Balaban J connectivity index is 1.79. The molecule has 4 rings (SSSR count). The summed E-state index contributed by atoms with van der Waals surface area (Å²) in [5, 5.41) is 0.476. The maximum Gasteiger partial charge on any atom is 0.290 e. The summed E-state index contributed by atoms with van der Waals surface area (Å²) in [4.78, 5) is 31.3. The van der Waals surface area contributed by atoms with Crippen LogP contribution in [0.4, 0.5) is 0 Å². The molecule has 2 aromatic carbocycles. The second kappa shape index (κ2) is 11.0. The Bertz CT molecular complexity index is 1250. The molecule has 7 nitrogen and oxygen atoms in total. The molecule has 1 amide bonds. The molecular weight excluding hydrogens is 444 g/mol. The van der Waals surface area contributed by atoms with E-state index in [1.807, 2.05) is 31.2 Å². The molecule has 0 spiro atoms. The zero-order chi connectivity index (χ0) is 24.9. The van der Waals surface area contributed by atoms with Crippen molar-refractivity contribution < 1.29 is 18.7 Å². The van der Waals surface area contributed by atoms with Crippen LogP contribution in [0.5, 0.6) is 11.5 Å². The van der Waals surface area contributed by atoms with E-state index in [0.717, 1.165) is 38.0 Å². The van der Waals surface area contributed by atoms with Crippen molar-refractivity contribution >= 4 is 16.9 Å². The van der Waals surface area contributed by atoms with E-state index in [-0.39, 0.29) is 17.1 Å². The summed E-state index contributed by atoms with van der Waals surface area (Å²) in [5.74, 6) is 1.09. The molecule has 7 heteroatoms. The van der Waals surface area contributed by atoms with Gasteiger partial charge in [0.25, 0.3) is 5.91 Å². The van der Waals surface area contributed by atoms with Crippen LogP contribution in [0, 0.1) is 0 Å². The molecule has 1 aromatic heterocycles. The van der Waals surface area contributed by atoms with Crippen molar-refractivity contribution in [2.75, 3.05) is 39.9 Å². The molecule has 0 aliphatic carbocycles. The van der Waals surface area contributed by atoms with E-state index in [4.69, 9.17) is 13.9 Å².